The molecule has 0 saturated heterocycles. The molecule has 2 N–H and O–H groups in total. The Labute approximate surface area is 176 Å². The molecule has 0 fully saturated rings. The Balaban J connectivity index is 1.92. The minimum absolute atomic E-state index is 0.0781. The van der Waals surface area contributed by atoms with Crippen LogP contribution in [0.15, 0.2) is 54.7 Å². The second kappa shape index (κ2) is 8.99. The molecule has 1 aromatic heterocycles. The van der Waals surface area contributed by atoms with Gasteiger partial charge in [-0.25, -0.2) is 4.98 Å². The first-order chi connectivity index (χ1) is 14.6. The minimum Gasteiger partial charge on any atom is -0.334 e. The van der Waals surface area contributed by atoms with Crippen LogP contribution in [0.25, 0.3) is 0 Å². The Hall–Kier alpha value is -3.69. The van der Waals surface area contributed by atoms with Crippen molar-refractivity contribution in [1.82, 2.24) is 9.97 Å². The summed E-state index contributed by atoms with van der Waals surface area (Å²) >= 11 is 0. The summed E-state index contributed by atoms with van der Waals surface area (Å²) < 4.78 is 40.3. The van der Waals surface area contributed by atoms with Gasteiger partial charge in [0.05, 0.1) is 4.92 Å². The molecule has 7 nitrogen and oxygen atoms in total. The van der Waals surface area contributed by atoms with Crippen LogP contribution in [0, 0.1) is 16.0 Å². The van der Waals surface area contributed by atoms with Crippen LogP contribution >= 0.6 is 0 Å². The molecule has 0 amide bonds. The van der Waals surface area contributed by atoms with Crippen molar-refractivity contribution in [1.29, 1.82) is 0 Å². The molecule has 0 aliphatic rings. The first-order valence-corrected chi connectivity index (χ1v) is 9.44. The topological polar surface area (TPSA) is 93.0 Å². The zero-order valence-corrected chi connectivity index (χ0v) is 16.8. The third-order valence-corrected chi connectivity index (χ3v) is 4.30. The maximum absolute atomic E-state index is 13.4. The van der Waals surface area contributed by atoms with Gasteiger partial charge in [-0.05, 0) is 36.1 Å². The fourth-order valence-corrected chi connectivity index (χ4v) is 2.94. The van der Waals surface area contributed by atoms with Crippen LogP contribution in [0.2, 0.25) is 0 Å². The number of para-hydroxylation sites is 2. The molecule has 0 radical (unpaired) electrons. The van der Waals surface area contributed by atoms with Crippen molar-refractivity contribution in [2.24, 2.45) is 5.92 Å². The predicted octanol–water partition coefficient (Wildman–Crippen LogP) is 6.09. The smallest absolute Gasteiger partial charge is 0.334 e. The van der Waals surface area contributed by atoms with E-state index >= 15 is 0 Å². The van der Waals surface area contributed by atoms with E-state index in [9.17, 15) is 23.3 Å². The first-order valence-electron chi connectivity index (χ1n) is 9.44. The summed E-state index contributed by atoms with van der Waals surface area (Å²) in [5, 5.41) is 16.5. The fraction of sp³-hybridized carbons (Fsp3) is 0.238. The van der Waals surface area contributed by atoms with Crippen LogP contribution in [0.5, 0.6) is 0 Å². The molecule has 162 valence electrons. The monoisotopic (exact) mass is 431 g/mol. The molecular formula is C21H20F3N5O2. The Kier molecular flexibility index (Phi) is 6.38. The van der Waals surface area contributed by atoms with E-state index in [1.54, 1.807) is 12.1 Å². The van der Waals surface area contributed by atoms with E-state index in [0.717, 1.165) is 12.0 Å². The molecule has 10 heteroatoms. The van der Waals surface area contributed by atoms with E-state index in [4.69, 9.17) is 0 Å². The van der Waals surface area contributed by atoms with Gasteiger partial charge in [-0.2, -0.15) is 18.2 Å². The standard InChI is InChI=1S/C21H20F3N5O2/c1-13(2)11-14-7-9-15(10-8-14)26-20-25-12-16(21(22,23)24)19(28-20)27-17-5-3-4-6-18(17)29(30)31/h3-10,12-13H,11H2,1-2H3,(H2,25,26,27,28). The van der Waals surface area contributed by atoms with E-state index in [1.807, 2.05) is 12.1 Å². The molecule has 31 heavy (non-hydrogen) atoms. The highest BCUT2D eigenvalue weighted by atomic mass is 19.4. The molecule has 1 heterocycles. The van der Waals surface area contributed by atoms with Crippen molar-refractivity contribution < 1.29 is 18.1 Å². The number of anilines is 4. The summed E-state index contributed by atoms with van der Waals surface area (Å²) in [5.74, 6) is -0.172. The normalized spacial score (nSPS) is 11.4. The number of hydrogen-bond donors (Lipinski definition) is 2. The van der Waals surface area contributed by atoms with Crippen LogP contribution in [0.1, 0.15) is 25.0 Å². The van der Waals surface area contributed by atoms with Crippen LogP contribution < -0.4 is 10.6 Å². The average molecular weight is 431 g/mol. The summed E-state index contributed by atoms with van der Waals surface area (Å²) in [4.78, 5) is 18.2. The zero-order chi connectivity index (χ0) is 22.6. The van der Waals surface area contributed by atoms with Gasteiger partial charge in [-0.3, -0.25) is 10.1 Å². The molecule has 0 spiro atoms. The van der Waals surface area contributed by atoms with E-state index in [-0.39, 0.29) is 17.3 Å². The molecule has 3 rings (SSSR count). The molecule has 0 aliphatic carbocycles. The quantitative estimate of drug-likeness (QED) is 0.347. The highest BCUT2D eigenvalue weighted by Gasteiger charge is 2.36. The highest BCUT2D eigenvalue weighted by molar-refractivity contribution is 5.70. The maximum atomic E-state index is 13.4. The van der Waals surface area contributed by atoms with Crippen molar-refractivity contribution in [2.75, 3.05) is 10.6 Å². The van der Waals surface area contributed by atoms with E-state index in [1.165, 1.54) is 24.3 Å². The van der Waals surface area contributed by atoms with E-state index < -0.39 is 22.5 Å². The van der Waals surface area contributed by atoms with Gasteiger partial charge in [0.15, 0.2) is 0 Å². The predicted molar refractivity (Wildman–Crippen MR) is 112 cm³/mol. The van der Waals surface area contributed by atoms with Gasteiger partial charge in [-0.1, -0.05) is 38.1 Å². The number of hydrogen-bond acceptors (Lipinski definition) is 6. The Bertz CT molecular complexity index is 1070. The van der Waals surface area contributed by atoms with Crippen molar-refractivity contribution in [3.8, 4) is 0 Å². The Morgan fingerprint density at radius 2 is 1.74 bits per heavy atom. The Morgan fingerprint density at radius 3 is 2.35 bits per heavy atom. The second-order valence-electron chi connectivity index (χ2n) is 7.27. The van der Waals surface area contributed by atoms with E-state index in [2.05, 4.69) is 34.4 Å². The summed E-state index contributed by atoms with van der Waals surface area (Å²) in [5.41, 5.74) is 0.116. The number of nitrogens with zero attached hydrogens (tertiary/aromatic N) is 3. The minimum atomic E-state index is -4.75. The zero-order valence-electron chi connectivity index (χ0n) is 16.8. The van der Waals surface area contributed by atoms with E-state index in [0.29, 0.717) is 17.8 Å². The van der Waals surface area contributed by atoms with Crippen LogP contribution in [-0.4, -0.2) is 14.9 Å². The molecule has 0 atom stereocenters. The molecular weight excluding hydrogens is 411 g/mol. The third-order valence-electron chi connectivity index (χ3n) is 4.30. The van der Waals surface area contributed by atoms with Crippen LogP contribution in [0.4, 0.5) is 42.0 Å². The Morgan fingerprint density at radius 1 is 1.06 bits per heavy atom. The number of aromatic nitrogens is 2. The lowest BCUT2D eigenvalue weighted by molar-refractivity contribution is -0.383. The molecule has 2 aromatic carbocycles. The first kappa shape index (κ1) is 22.0. The number of nitrogens with one attached hydrogen (secondary N) is 2. The number of nitro groups is 1. The molecule has 0 unspecified atom stereocenters. The summed E-state index contributed by atoms with van der Waals surface area (Å²) in [6, 6.07) is 12.8. The van der Waals surface area contributed by atoms with Gasteiger partial charge in [0, 0.05) is 18.0 Å². The largest absolute Gasteiger partial charge is 0.421 e. The van der Waals surface area contributed by atoms with Crippen molar-refractivity contribution in [3.63, 3.8) is 0 Å². The maximum Gasteiger partial charge on any atom is 0.421 e. The van der Waals surface area contributed by atoms with Crippen LogP contribution in [-0.2, 0) is 12.6 Å². The number of benzene rings is 2. The number of rotatable bonds is 7. The second-order valence-corrected chi connectivity index (χ2v) is 7.27. The SMILES string of the molecule is CC(C)Cc1ccc(Nc2ncc(C(F)(F)F)c(Nc3ccccc3[N+](=O)[O-])n2)cc1. The fourth-order valence-electron chi connectivity index (χ4n) is 2.94. The number of halogens is 3. The lowest BCUT2D eigenvalue weighted by atomic mass is 10.0. The average Bonchev–Trinajstić information content (AvgIpc) is 2.68. The summed E-state index contributed by atoms with van der Waals surface area (Å²) in [6.07, 6.45) is -3.20. The molecule has 3 aromatic rings. The summed E-state index contributed by atoms with van der Waals surface area (Å²) in [7, 11) is 0. The molecule has 0 saturated carbocycles. The van der Waals surface area contributed by atoms with Gasteiger partial charge in [0.25, 0.3) is 5.69 Å². The lowest BCUT2D eigenvalue weighted by Crippen LogP contribution is -2.13. The van der Waals surface area contributed by atoms with Crippen molar-refractivity contribution >= 4 is 28.8 Å². The summed E-state index contributed by atoms with van der Waals surface area (Å²) in [6.45, 7) is 4.21. The third kappa shape index (κ3) is 5.68. The van der Waals surface area contributed by atoms with Crippen molar-refractivity contribution in [2.45, 2.75) is 26.4 Å². The van der Waals surface area contributed by atoms with Crippen molar-refractivity contribution in [3.05, 3.63) is 76.0 Å². The van der Waals surface area contributed by atoms with Gasteiger partial charge < -0.3 is 10.6 Å². The van der Waals surface area contributed by atoms with Gasteiger partial charge >= 0.3 is 6.18 Å². The highest BCUT2D eigenvalue weighted by Crippen LogP contribution is 2.36. The number of nitro benzene ring substituents is 1. The lowest BCUT2D eigenvalue weighted by Gasteiger charge is -2.15. The molecule has 0 bridgehead atoms. The van der Waals surface area contributed by atoms with Gasteiger partial charge in [0.2, 0.25) is 5.95 Å². The van der Waals surface area contributed by atoms with Gasteiger partial charge in [0.1, 0.15) is 17.1 Å². The van der Waals surface area contributed by atoms with Gasteiger partial charge in [-0.15, -0.1) is 0 Å². The number of alkyl halides is 3. The van der Waals surface area contributed by atoms with Crippen LogP contribution in [0.3, 0.4) is 0 Å². The molecule has 0 aliphatic heterocycles.